The van der Waals surface area contributed by atoms with Gasteiger partial charge in [0.1, 0.15) is 0 Å². The molecule has 88 valence electrons. The Morgan fingerprint density at radius 2 is 1.94 bits per heavy atom. The van der Waals surface area contributed by atoms with E-state index >= 15 is 0 Å². The lowest BCUT2D eigenvalue weighted by Crippen LogP contribution is -2.13. The smallest absolute Gasteiger partial charge is 0.214 e. The van der Waals surface area contributed by atoms with Crippen LogP contribution in [0.15, 0.2) is 30.3 Å². The van der Waals surface area contributed by atoms with E-state index in [0.717, 1.165) is 5.69 Å². The molecule has 0 aliphatic carbocycles. The number of carbonyl (C=O) groups excluding carboxylic acids is 1. The van der Waals surface area contributed by atoms with Crippen molar-refractivity contribution in [1.82, 2.24) is 14.8 Å². The molecule has 0 amide bonds. The summed E-state index contributed by atoms with van der Waals surface area (Å²) < 4.78 is 0.244. The second kappa shape index (κ2) is 4.47. The van der Waals surface area contributed by atoms with Crippen molar-refractivity contribution in [2.45, 2.75) is 11.3 Å². The van der Waals surface area contributed by atoms with E-state index in [0.29, 0.717) is 12.1 Å². The first-order valence-corrected chi connectivity index (χ1v) is 5.64. The van der Waals surface area contributed by atoms with Gasteiger partial charge in [-0.1, -0.05) is 41.4 Å². The van der Waals surface area contributed by atoms with E-state index in [1.54, 1.807) is 6.92 Å². The van der Waals surface area contributed by atoms with Gasteiger partial charge in [-0.05, 0) is 19.1 Å². The predicted octanol–water partition coefficient (Wildman–Crippen LogP) is 2.73. The fraction of sp³-hybridized carbons (Fsp3) is 0.182. The van der Waals surface area contributed by atoms with Crippen LogP contribution in [0.5, 0.6) is 0 Å². The van der Waals surface area contributed by atoms with Crippen LogP contribution in [0.2, 0.25) is 0 Å². The Hall–Kier alpha value is -1.39. The molecule has 17 heavy (non-hydrogen) atoms. The molecule has 2 aromatic rings. The van der Waals surface area contributed by atoms with Crippen LogP contribution in [0.1, 0.15) is 23.4 Å². The SMILES string of the molecule is CC(Cl)(Cl)c1nc(C=O)nn1-c1ccccc1. The van der Waals surface area contributed by atoms with Crippen LogP contribution in [0.4, 0.5) is 0 Å². The summed E-state index contributed by atoms with van der Waals surface area (Å²) >= 11 is 12.0. The number of rotatable bonds is 3. The fourth-order valence-corrected chi connectivity index (χ4v) is 1.66. The third-order valence-electron chi connectivity index (χ3n) is 2.12. The number of alkyl halides is 2. The Morgan fingerprint density at radius 1 is 1.29 bits per heavy atom. The first-order chi connectivity index (χ1) is 8.02. The highest BCUT2D eigenvalue weighted by atomic mass is 35.5. The number of hydrogen-bond acceptors (Lipinski definition) is 3. The second-order valence-corrected chi connectivity index (χ2v) is 5.25. The number of aldehydes is 1. The van der Waals surface area contributed by atoms with Gasteiger partial charge in [0.25, 0.3) is 0 Å². The molecule has 0 N–H and O–H groups in total. The van der Waals surface area contributed by atoms with Crippen LogP contribution >= 0.6 is 23.2 Å². The average Bonchev–Trinajstić information content (AvgIpc) is 2.74. The number of carbonyl (C=O) groups is 1. The third kappa shape index (κ3) is 2.48. The molecule has 6 heteroatoms. The molecule has 0 spiro atoms. The summed E-state index contributed by atoms with van der Waals surface area (Å²) in [6.07, 6.45) is 0.558. The number of benzene rings is 1. The Kier molecular flexibility index (Phi) is 3.17. The minimum Gasteiger partial charge on any atom is -0.294 e. The van der Waals surface area contributed by atoms with Gasteiger partial charge in [-0.2, -0.15) is 0 Å². The lowest BCUT2D eigenvalue weighted by Gasteiger charge is -2.13. The van der Waals surface area contributed by atoms with Crippen LogP contribution in [0.25, 0.3) is 5.69 Å². The van der Waals surface area contributed by atoms with Gasteiger partial charge in [0.05, 0.1) is 5.69 Å². The quantitative estimate of drug-likeness (QED) is 0.636. The lowest BCUT2D eigenvalue weighted by atomic mass is 10.3. The van der Waals surface area contributed by atoms with E-state index in [-0.39, 0.29) is 5.82 Å². The van der Waals surface area contributed by atoms with E-state index in [1.165, 1.54) is 4.68 Å². The third-order valence-corrected chi connectivity index (χ3v) is 2.46. The molecule has 1 aromatic heterocycles. The Morgan fingerprint density at radius 3 is 2.47 bits per heavy atom. The minimum atomic E-state index is -1.22. The van der Waals surface area contributed by atoms with E-state index < -0.39 is 4.33 Å². The van der Waals surface area contributed by atoms with E-state index in [4.69, 9.17) is 23.2 Å². The molecule has 0 atom stereocenters. The number of aromatic nitrogens is 3. The van der Waals surface area contributed by atoms with Crippen molar-refractivity contribution in [2.75, 3.05) is 0 Å². The molecule has 0 bridgehead atoms. The van der Waals surface area contributed by atoms with Crippen molar-refractivity contribution in [3.63, 3.8) is 0 Å². The second-order valence-electron chi connectivity index (χ2n) is 3.55. The summed E-state index contributed by atoms with van der Waals surface area (Å²) in [4.78, 5) is 14.7. The van der Waals surface area contributed by atoms with Crippen molar-refractivity contribution in [1.29, 1.82) is 0 Å². The molecule has 0 saturated heterocycles. The van der Waals surface area contributed by atoms with Crippen LogP contribution < -0.4 is 0 Å². The first-order valence-electron chi connectivity index (χ1n) is 4.88. The zero-order valence-electron chi connectivity index (χ0n) is 8.97. The molecule has 0 aliphatic rings. The van der Waals surface area contributed by atoms with Gasteiger partial charge in [0, 0.05) is 0 Å². The maximum Gasteiger partial charge on any atom is 0.214 e. The Labute approximate surface area is 108 Å². The monoisotopic (exact) mass is 269 g/mol. The highest BCUT2D eigenvalue weighted by molar-refractivity contribution is 6.47. The molecular weight excluding hydrogens is 261 g/mol. The van der Waals surface area contributed by atoms with Crippen LogP contribution in [-0.4, -0.2) is 21.1 Å². The van der Waals surface area contributed by atoms with Crippen molar-refractivity contribution in [3.8, 4) is 5.69 Å². The predicted molar refractivity (Wildman–Crippen MR) is 65.8 cm³/mol. The molecule has 0 saturated carbocycles. The molecule has 1 heterocycles. The van der Waals surface area contributed by atoms with Crippen LogP contribution in [0, 0.1) is 0 Å². The van der Waals surface area contributed by atoms with Gasteiger partial charge in [-0.15, -0.1) is 5.10 Å². The number of hydrogen-bond donors (Lipinski definition) is 0. The minimum absolute atomic E-state index is 0.0522. The normalized spacial score (nSPS) is 11.5. The summed E-state index contributed by atoms with van der Waals surface area (Å²) in [7, 11) is 0. The van der Waals surface area contributed by atoms with Gasteiger partial charge < -0.3 is 0 Å². The van der Waals surface area contributed by atoms with Crippen molar-refractivity contribution >= 4 is 29.5 Å². The molecule has 0 radical (unpaired) electrons. The van der Waals surface area contributed by atoms with Crippen molar-refractivity contribution < 1.29 is 4.79 Å². The maximum atomic E-state index is 10.7. The largest absolute Gasteiger partial charge is 0.294 e. The number of halogens is 2. The lowest BCUT2D eigenvalue weighted by molar-refractivity contribution is 0.111. The van der Waals surface area contributed by atoms with Crippen LogP contribution in [-0.2, 0) is 4.33 Å². The van der Waals surface area contributed by atoms with Crippen molar-refractivity contribution in [2.24, 2.45) is 0 Å². The summed E-state index contributed by atoms with van der Waals surface area (Å²) in [5.74, 6) is 0.366. The number of nitrogens with zero attached hydrogens (tertiary/aromatic N) is 3. The zero-order chi connectivity index (χ0) is 12.5. The maximum absolute atomic E-state index is 10.7. The Balaban J connectivity index is 2.61. The zero-order valence-corrected chi connectivity index (χ0v) is 10.5. The van der Waals surface area contributed by atoms with Gasteiger partial charge >= 0.3 is 0 Å². The summed E-state index contributed by atoms with van der Waals surface area (Å²) in [6.45, 7) is 1.58. The van der Waals surface area contributed by atoms with E-state index in [1.807, 2.05) is 30.3 Å². The standard InChI is InChI=1S/C11H9Cl2N3O/c1-11(12,13)10-14-9(7-17)15-16(10)8-5-3-2-4-6-8/h2-7H,1H3. The molecule has 2 rings (SSSR count). The number of para-hydroxylation sites is 1. The summed E-state index contributed by atoms with van der Waals surface area (Å²) in [5, 5.41) is 4.03. The highest BCUT2D eigenvalue weighted by Gasteiger charge is 2.28. The van der Waals surface area contributed by atoms with Gasteiger partial charge in [0.2, 0.25) is 5.82 Å². The highest BCUT2D eigenvalue weighted by Crippen LogP contribution is 2.32. The summed E-state index contributed by atoms with van der Waals surface area (Å²) in [5.41, 5.74) is 0.746. The molecular formula is C11H9Cl2N3O. The van der Waals surface area contributed by atoms with Gasteiger partial charge in [-0.25, -0.2) is 9.67 Å². The van der Waals surface area contributed by atoms with E-state index in [2.05, 4.69) is 10.1 Å². The molecule has 0 fully saturated rings. The molecule has 0 aliphatic heterocycles. The van der Waals surface area contributed by atoms with Gasteiger partial charge in [0.15, 0.2) is 16.4 Å². The topological polar surface area (TPSA) is 47.8 Å². The summed E-state index contributed by atoms with van der Waals surface area (Å²) in [6, 6.07) is 9.22. The van der Waals surface area contributed by atoms with E-state index in [9.17, 15) is 4.79 Å². The van der Waals surface area contributed by atoms with Crippen LogP contribution in [0.3, 0.4) is 0 Å². The first kappa shape index (κ1) is 12.1. The average molecular weight is 270 g/mol. The fourth-order valence-electron chi connectivity index (χ4n) is 1.41. The Bertz CT molecular complexity index is 531. The molecule has 1 aromatic carbocycles. The van der Waals surface area contributed by atoms with Gasteiger partial charge in [-0.3, -0.25) is 4.79 Å². The molecule has 4 nitrogen and oxygen atoms in total. The molecule has 0 unspecified atom stereocenters. The van der Waals surface area contributed by atoms with Crippen molar-refractivity contribution in [3.05, 3.63) is 42.0 Å².